The molecule has 0 aromatic heterocycles. The molecule has 2 rings (SSSR count). The van der Waals surface area contributed by atoms with Gasteiger partial charge < -0.3 is 10.5 Å². The highest BCUT2D eigenvalue weighted by atomic mass is 16.5. The topological polar surface area (TPSA) is 35.2 Å². The Balaban J connectivity index is 1.80. The van der Waals surface area contributed by atoms with Crippen molar-refractivity contribution in [2.45, 2.75) is 44.1 Å². The molecule has 0 heterocycles. The molecule has 0 bridgehead atoms. The van der Waals surface area contributed by atoms with Crippen molar-refractivity contribution in [1.82, 2.24) is 0 Å². The first-order chi connectivity index (χ1) is 8.35. The maximum atomic E-state index is 6.10. The van der Waals surface area contributed by atoms with Crippen LogP contribution >= 0.6 is 0 Å². The Hall–Kier alpha value is -0.860. The van der Waals surface area contributed by atoms with E-state index < -0.39 is 0 Å². The molecule has 0 atom stereocenters. The van der Waals surface area contributed by atoms with E-state index in [1.807, 2.05) is 6.07 Å². The molecule has 17 heavy (non-hydrogen) atoms. The summed E-state index contributed by atoms with van der Waals surface area (Å²) in [5.41, 5.74) is 7.21. The van der Waals surface area contributed by atoms with Crippen LogP contribution in [0.3, 0.4) is 0 Å². The first-order valence-corrected chi connectivity index (χ1v) is 6.73. The molecule has 1 aliphatic rings. The maximum Gasteiger partial charge on any atom is 0.0804 e. The third kappa shape index (κ3) is 3.55. The molecule has 0 radical (unpaired) electrons. The van der Waals surface area contributed by atoms with Crippen molar-refractivity contribution in [2.24, 2.45) is 5.73 Å². The lowest BCUT2D eigenvalue weighted by Gasteiger charge is -2.36. The standard InChI is InChI=1S/C15H23NO/c16-13-15(10-5-2-6-11-15)17-12-9-14-7-3-1-4-8-14/h1,3-4,7-8H,2,5-6,9-13,16H2. The second-order valence-electron chi connectivity index (χ2n) is 5.03. The fourth-order valence-corrected chi connectivity index (χ4v) is 2.63. The normalized spacial score (nSPS) is 19.1. The Kier molecular flexibility index (Phi) is 4.57. The van der Waals surface area contributed by atoms with Gasteiger partial charge in [-0.05, 0) is 24.8 Å². The Morgan fingerprint density at radius 2 is 1.76 bits per heavy atom. The lowest BCUT2D eigenvalue weighted by molar-refractivity contribution is -0.0618. The van der Waals surface area contributed by atoms with E-state index in [1.165, 1.54) is 24.8 Å². The van der Waals surface area contributed by atoms with Gasteiger partial charge in [0.25, 0.3) is 0 Å². The molecule has 94 valence electrons. The Morgan fingerprint density at radius 3 is 2.41 bits per heavy atom. The van der Waals surface area contributed by atoms with E-state index in [0.717, 1.165) is 25.9 Å². The Morgan fingerprint density at radius 1 is 1.06 bits per heavy atom. The van der Waals surface area contributed by atoms with E-state index in [0.29, 0.717) is 6.54 Å². The molecule has 0 unspecified atom stereocenters. The van der Waals surface area contributed by atoms with Crippen LogP contribution in [0.25, 0.3) is 0 Å². The van der Waals surface area contributed by atoms with E-state index >= 15 is 0 Å². The molecule has 1 aromatic rings. The van der Waals surface area contributed by atoms with Crippen LogP contribution < -0.4 is 5.73 Å². The van der Waals surface area contributed by atoms with Crippen molar-refractivity contribution < 1.29 is 4.74 Å². The summed E-state index contributed by atoms with van der Waals surface area (Å²) in [6.07, 6.45) is 7.13. The van der Waals surface area contributed by atoms with E-state index in [9.17, 15) is 0 Å². The summed E-state index contributed by atoms with van der Waals surface area (Å²) in [6.45, 7) is 1.46. The molecule has 1 saturated carbocycles. The summed E-state index contributed by atoms with van der Waals surface area (Å²) < 4.78 is 6.10. The van der Waals surface area contributed by atoms with Gasteiger partial charge in [0, 0.05) is 6.54 Å². The molecule has 0 amide bonds. The quantitative estimate of drug-likeness (QED) is 0.848. The predicted molar refractivity (Wildman–Crippen MR) is 71.0 cm³/mol. The fraction of sp³-hybridized carbons (Fsp3) is 0.600. The second kappa shape index (κ2) is 6.18. The monoisotopic (exact) mass is 233 g/mol. The zero-order valence-corrected chi connectivity index (χ0v) is 10.5. The van der Waals surface area contributed by atoms with Crippen molar-refractivity contribution in [3.63, 3.8) is 0 Å². The minimum absolute atomic E-state index is 0.0208. The van der Waals surface area contributed by atoms with E-state index in [4.69, 9.17) is 10.5 Å². The predicted octanol–water partition coefficient (Wildman–Crippen LogP) is 2.91. The van der Waals surface area contributed by atoms with Crippen LogP contribution in [0.15, 0.2) is 30.3 Å². The van der Waals surface area contributed by atoms with Gasteiger partial charge in [0.05, 0.1) is 12.2 Å². The van der Waals surface area contributed by atoms with Crippen molar-refractivity contribution in [3.8, 4) is 0 Å². The molecule has 1 aliphatic carbocycles. The van der Waals surface area contributed by atoms with Gasteiger partial charge in [-0.1, -0.05) is 49.6 Å². The third-order valence-electron chi connectivity index (χ3n) is 3.78. The number of benzene rings is 1. The van der Waals surface area contributed by atoms with Crippen molar-refractivity contribution in [2.75, 3.05) is 13.2 Å². The summed E-state index contributed by atoms with van der Waals surface area (Å²) in [5, 5.41) is 0. The molecule has 2 N–H and O–H groups in total. The molecule has 2 heteroatoms. The summed E-state index contributed by atoms with van der Waals surface area (Å²) in [7, 11) is 0. The van der Waals surface area contributed by atoms with Crippen LogP contribution in [0.5, 0.6) is 0 Å². The minimum atomic E-state index is -0.0208. The van der Waals surface area contributed by atoms with Crippen molar-refractivity contribution in [3.05, 3.63) is 35.9 Å². The maximum absolute atomic E-state index is 6.10. The zero-order chi connectivity index (χ0) is 12.0. The largest absolute Gasteiger partial charge is 0.373 e. The summed E-state index contributed by atoms with van der Waals surface area (Å²) in [5.74, 6) is 0. The van der Waals surface area contributed by atoms with Crippen LogP contribution in [-0.2, 0) is 11.2 Å². The zero-order valence-electron chi connectivity index (χ0n) is 10.5. The van der Waals surface area contributed by atoms with Crippen LogP contribution in [-0.4, -0.2) is 18.8 Å². The summed E-state index contributed by atoms with van der Waals surface area (Å²) >= 11 is 0. The van der Waals surface area contributed by atoms with Gasteiger partial charge >= 0.3 is 0 Å². The summed E-state index contributed by atoms with van der Waals surface area (Å²) in [6, 6.07) is 10.5. The minimum Gasteiger partial charge on any atom is -0.373 e. The van der Waals surface area contributed by atoms with E-state index in [-0.39, 0.29) is 5.60 Å². The first-order valence-electron chi connectivity index (χ1n) is 6.73. The number of nitrogens with two attached hydrogens (primary N) is 1. The van der Waals surface area contributed by atoms with E-state index in [1.54, 1.807) is 0 Å². The SMILES string of the molecule is NCC1(OCCc2ccccc2)CCCCC1. The van der Waals surface area contributed by atoms with Gasteiger partial charge in [-0.3, -0.25) is 0 Å². The molecule has 0 aliphatic heterocycles. The smallest absolute Gasteiger partial charge is 0.0804 e. The fourth-order valence-electron chi connectivity index (χ4n) is 2.63. The van der Waals surface area contributed by atoms with Gasteiger partial charge in [-0.2, -0.15) is 0 Å². The molecular formula is C15H23NO. The summed E-state index contributed by atoms with van der Waals surface area (Å²) in [4.78, 5) is 0. The van der Waals surface area contributed by atoms with Crippen LogP contribution in [0.1, 0.15) is 37.7 Å². The van der Waals surface area contributed by atoms with Gasteiger partial charge in [0.15, 0.2) is 0 Å². The molecular weight excluding hydrogens is 210 g/mol. The molecule has 0 saturated heterocycles. The Labute approximate surface area is 104 Å². The lowest BCUT2D eigenvalue weighted by Crippen LogP contribution is -2.43. The van der Waals surface area contributed by atoms with E-state index in [2.05, 4.69) is 24.3 Å². The highest BCUT2D eigenvalue weighted by Crippen LogP contribution is 2.30. The van der Waals surface area contributed by atoms with Gasteiger partial charge in [-0.15, -0.1) is 0 Å². The first kappa shape index (κ1) is 12.6. The lowest BCUT2D eigenvalue weighted by atomic mass is 9.84. The highest BCUT2D eigenvalue weighted by Gasteiger charge is 2.31. The van der Waals surface area contributed by atoms with Crippen LogP contribution in [0.4, 0.5) is 0 Å². The molecule has 2 nitrogen and oxygen atoms in total. The van der Waals surface area contributed by atoms with Crippen LogP contribution in [0.2, 0.25) is 0 Å². The molecule has 0 spiro atoms. The average Bonchev–Trinajstić information content (AvgIpc) is 2.41. The van der Waals surface area contributed by atoms with Gasteiger partial charge in [0.1, 0.15) is 0 Å². The van der Waals surface area contributed by atoms with Crippen LogP contribution in [0, 0.1) is 0 Å². The number of ether oxygens (including phenoxy) is 1. The molecule has 1 fully saturated rings. The van der Waals surface area contributed by atoms with Gasteiger partial charge in [0.2, 0.25) is 0 Å². The van der Waals surface area contributed by atoms with Crippen molar-refractivity contribution >= 4 is 0 Å². The van der Waals surface area contributed by atoms with Crippen molar-refractivity contribution in [1.29, 1.82) is 0 Å². The third-order valence-corrected chi connectivity index (χ3v) is 3.78. The molecule has 1 aromatic carbocycles. The number of rotatable bonds is 5. The average molecular weight is 233 g/mol. The Bertz CT molecular complexity index is 317. The number of hydrogen-bond donors (Lipinski definition) is 1. The van der Waals surface area contributed by atoms with Gasteiger partial charge in [-0.25, -0.2) is 0 Å². The number of hydrogen-bond acceptors (Lipinski definition) is 2. The second-order valence-corrected chi connectivity index (χ2v) is 5.03. The highest BCUT2D eigenvalue weighted by molar-refractivity contribution is 5.14.